The van der Waals surface area contributed by atoms with Gasteiger partial charge in [0.1, 0.15) is 4.88 Å². The van der Waals surface area contributed by atoms with Crippen molar-refractivity contribution in [1.29, 1.82) is 0 Å². The van der Waals surface area contributed by atoms with Gasteiger partial charge in [0, 0.05) is 12.6 Å². The Bertz CT molecular complexity index is 1070. The summed E-state index contributed by atoms with van der Waals surface area (Å²) < 4.78 is 3.00. The Morgan fingerprint density at radius 3 is 2.76 bits per heavy atom. The Morgan fingerprint density at radius 1 is 1.36 bits per heavy atom. The maximum absolute atomic E-state index is 12.4. The summed E-state index contributed by atoms with van der Waals surface area (Å²) in [6, 6.07) is 6.91. The number of rotatable bonds is 4. The van der Waals surface area contributed by atoms with Crippen molar-refractivity contribution in [3.8, 4) is 0 Å². The second-order valence-corrected chi connectivity index (χ2v) is 7.57. The molecule has 0 aliphatic heterocycles. The number of nitro groups is 1. The molecule has 1 amide bonds. The predicted octanol–water partition coefficient (Wildman–Crippen LogP) is 4.22. The van der Waals surface area contributed by atoms with Crippen LogP contribution < -0.4 is 4.80 Å². The summed E-state index contributed by atoms with van der Waals surface area (Å²) in [5.74, 6) is -0.475. The van der Waals surface area contributed by atoms with E-state index in [4.69, 9.17) is 0 Å². The molecule has 0 spiro atoms. The lowest BCUT2D eigenvalue weighted by atomic mass is 10.1. The minimum atomic E-state index is -0.509. The van der Waals surface area contributed by atoms with Gasteiger partial charge in [-0.3, -0.25) is 14.9 Å². The molecule has 6 nitrogen and oxygen atoms in total. The number of nitrogens with zero attached hydrogens (tertiary/aromatic N) is 3. The molecule has 0 aliphatic carbocycles. The first kappa shape index (κ1) is 17.2. The molecule has 1 aromatic carbocycles. The first-order chi connectivity index (χ1) is 11.9. The van der Waals surface area contributed by atoms with Crippen LogP contribution in [0, 0.1) is 24.0 Å². The van der Waals surface area contributed by atoms with Gasteiger partial charge >= 0.3 is 5.00 Å². The summed E-state index contributed by atoms with van der Waals surface area (Å²) >= 11 is 2.27. The van der Waals surface area contributed by atoms with Crippen LogP contribution in [0.15, 0.2) is 41.9 Å². The number of aryl methyl sites for hydroxylation is 2. The number of aromatic nitrogens is 1. The molecule has 0 N–H and O–H groups in total. The van der Waals surface area contributed by atoms with E-state index in [9.17, 15) is 14.9 Å². The molecule has 0 unspecified atom stereocenters. The van der Waals surface area contributed by atoms with Crippen LogP contribution in [-0.2, 0) is 6.54 Å². The molecule has 3 rings (SSSR count). The van der Waals surface area contributed by atoms with Gasteiger partial charge in [-0.25, -0.2) is 0 Å². The fourth-order valence-corrected chi connectivity index (χ4v) is 4.38. The minimum Gasteiger partial charge on any atom is -0.312 e. The van der Waals surface area contributed by atoms with Gasteiger partial charge in [0.25, 0.3) is 5.91 Å². The van der Waals surface area contributed by atoms with Gasteiger partial charge in [-0.15, -0.1) is 6.58 Å². The monoisotopic (exact) mass is 373 g/mol. The predicted molar refractivity (Wildman–Crippen MR) is 100 cm³/mol. The molecule has 0 saturated carbocycles. The van der Waals surface area contributed by atoms with E-state index in [1.165, 1.54) is 23.5 Å². The summed E-state index contributed by atoms with van der Waals surface area (Å²) in [5, 5.41) is 10.7. The second kappa shape index (κ2) is 6.73. The van der Waals surface area contributed by atoms with E-state index in [2.05, 4.69) is 23.7 Å². The highest BCUT2D eigenvalue weighted by molar-refractivity contribution is 7.17. The van der Waals surface area contributed by atoms with Crippen molar-refractivity contribution in [1.82, 2.24) is 4.57 Å². The highest BCUT2D eigenvalue weighted by Crippen LogP contribution is 2.26. The fourth-order valence-electron chi connectivity index (χ4n) is 2.59. The lowest BCUT2D eigenvalue weighted by molar-refractivity contribution is -0.380. The minimum absolute atomic E-state index is 0.0691. The fraction of sp³-hybridized carbons (Fsp3) is 0.176. The molecule has 128 valence electrons. The summed E-state index contributed by atoms with van der Waals surface area (Å²) in [5.41, 5.74) is 3.26. The Kier molecular flexibility index (Phi) is 4.65. The van der Waals surface area contributed by atoms with E-state index in [-0.39, 0.29) is 9.88 Å². The van der Waals surface area contributed by atoms with Crippen molar-refractivity contribution < 1.29 is 9.72 Å². The van der Waals surface area contributed by atoms with Gasteiger partial charge in [-0.2, -0.15) is 4.99 Å². The third-order valence-corrected chi connectivity index (χ3v) is 5.86. The SMILES string of the molecule is C=CCn1c(=NC(=O)c2ccc([N+](=O)[O-])s2)sc2c(C)cc(C)cc21. The third-order valence-electron chi connectivity index (χ3n) is 3.61. The molecule has 2 aromatic heterocycles. The van der Waals surface area contributed by atoms with Crippen LogP contribution in [0.25, 0.3) is 10.2 Å². The average Bonchev–Trinajstić information content (AvgIpc) is 3.15. The standard InChI is InChI=1S/C17H15N3O3S2/c1-4-7-19-12-9-10(2)8-11(3)15(12)25-17(19)18-16(21)13-5-6-14(24-13)20(22)23/h4-6,8-9H,1,7H2,2-3H3. The van der Waals surface area contributed by atoms with Crippen LogP contribution >= 0.6 is 22.7 Å². The maximum Gasteiger partial charge on any atom is 0.324 e. The Hall–Kier alpha value is -2.58. The summed E-state index contributed by atoms with van der Waals surface area (Å²) in [6.45, 7) is 8.35. The molecular weight excluding hydrogens is 358 g/mol. The Morgan fingerprint density at radius 2 is 2.12 bits per heavy atom. The molecule has 3 aromatic rings. The number of thiazole rings is 1. The topological polar surface area (TPSA) is 77.5 Å². The van der Waals surface area contributed by atoms with Crippen LogP contribution in [-0.4, -0.2) is 15.4 Å². The smallest absolute Gasteiger partial charge is 0.312 e. The van der Waals surface area contributed by atoms with Gasteiger partial charge in [-0.1, -0.05) is 34.8 Å². The van der Waals surface area contributed by atoms with E-state index >= 15 is 0 Å². The van der Waals surface area contributed by atoms with Crippen molar-refractivity contribution >= 4 is 43.8 Å². The summed E-state index contributed by atoms with van der Waals surface area (Å²) in [7, 11) is 0. The van der Waals surface area contributed by atoms with Crippen molar-refractivity contribution in [2.75, 3.05) is 0 Å². The zero-order chi connectivity index (χ0) is 18.1. The average molecular weight is 373 g/mol. The van der Waals surface area contributed by atoms with Crippen LogP contribution in [0.5, 0.6) is 0 Å². The normalized spacial score (nSPS) is 11.8. The van der Waals surface area contributed by atoms with E-state index in [0.717, 1.165) is 32.7 Å². The highest BCUT2D eigenvalue weighted by Gasteiger charge is 2.16. The number of allylic oxidation sites excluding steroid dienone is 1. The van der Waals surface area contributed by atoms with Gasteiger partial charge in [0.2, 0.25) is 0 Å². The number of fused-ring (bicyclic) bond motifs is 1. The van der Waals surface area contributed by atoms with E-state index in [1.54, 1.807) is 6.08 Å². The van der Waals surface area contributed by atoms with Crippen LogP contribution in [0.4, 0.5) is 5.00 Å². The number of hydrogen-bond donors (Lipinski definition) is 0. The lowest BCUT2D eigenvalue weighted by Crippen LogP contribution is -2.16. The zero-order valence-corrected chi connectivity index (χ0v) is 15.3. The first-order valence-corrected chi connectivity index (χ1v) is 9.08. The van der Waals surface area contributed by atoms with Crippen molar-refractivity contribution in [3.63, 3.8) is 0 Å². The molecule has 0 radical (unpaired) electrons. The van der Waals surface area contributed by atoms with Gasteiger partial charge in [-0.05, 0) is 37.1 Å². The largest absolute Gasteiger partial charge is 0.324 e. The van der Waals surface area contributed by atoms with Gasteiger partial charge in [0.05, 0.1) is 15.1 Å². The molecular formula is C17H15N3O3S2. The molecule has 0 fully saturated rings. The van der Waals surface area contributed by atoms with Gasteiger partial charge in [0.15, 0.2) is 4.80 Å². The van der Waals surface area contributed by atoms with Crippen molar-refractivity contribution in [2.24, 2.45) is 4.99 Å². The van der Waals surface area contributed by atoms with Crippen LogP contribution in [0.3, 0.4) is 0 Å². The molecule has 0 saturated heterocycles. The first-order valence-electron chi connectivity index (χ1n) is 7.45. The van der Waals surface area contributed by atoms with E-state index in [0.29, 0.717) is 11.3 Å². The quantitative estimate of drug-likeness (QED) is 0.390. The second-order valence-electron chi connectivity index (χ2n) is 5.53. The van der Waals surface area contributed by atoms with Crippen LogP contribution in [0.2, 0.25) is 0 Å². The van der Waals surface area contributed by atoms with Crippen molar-refractivity contribution in [3.05, 3.63) is 67.8 Å². The van der Waals surface area contributed by atoms with Crippen LogP contribution in [0.1, 0.15) is 20.8 Å². The number of benzene rings is 1. The Balaban J connectivity index is 2.15. The molecule has 2 heterocycles. The molecule has 25 heavy (non-hydrogen) atoms. The summed E-state index contributed by atoms with van der Waals surface area (Å²) in [4.78, 5) is 27.7. The number of thiophene rings is 1. The van der Waals surface area contributed by atoms with E-state index < -0.39 is 10.8 Å². The zero-order valence-electron chi connectivity index (χ0n) is 13.7. The maximum atomic E-state index is 12.4. The third kappa shape index (κ3) is 3.31. The van der Waals surface area contributed by atoms with E-state index in [1.807, 2.05) is 18.4 Å². The number of carbonyl (C=O) groups excluding carboxylic acids is 1. The lowest BCUT2D eigenvalue weighted by Gasteiger charge is -2.03. The molecule has 8 heteroatoms. The number of carbonyl (C=O) groups is 1. The highest BCUT2D eigenvalue weighted by atomic mass is 32.1. The molecule has 0 bridgehead atoms. The number of hydrogen-bond acceptors (Lipinski definition) is 5. The molecule has 0 atom stereocenters. The molecule has 0 aliphatic rings. The van der Waals surface area contributed by atoms with Crippen molar-refractivity contribution in [2.45, 2.75) is 20.4 Å². The Labute approximate surface area is 151 Å². The van der Waals surface area contributed by atoms with Gasteiger partial charge < -0.3 is 4.57 Å². The number of amides is 1. The summed E-state index contributed by atoms with van der Waals surface area (Å²) in [6.07, 6.45) is 1.75.